The summed E-state index contributed by atoms with van der Waals surface area (Å²) in [5.74, 6) is 0.524. The molecule has 24 heavy (non-hydrogen) atoms. The predicted octanol–water partition coefficient (Wildman–Crippen LogP) is 3.41. The van der Waals surface area contributed by atoms with Crippen molar-refractivity contribution in [2.45, 2.75) is 32.1 Å². The second kappa shape index (κ2) is 6.15. The number of piperidine rings is 1. The van der Waals surface area contributed by atoms with Crippen molar-refractivity contribution < 1.29 is 9.21 Å². The van der Waals surface area contributed by atoms with Crippen LogP contribution in [0, 0.1) is 6.92 Å². The van der Waals surface area contributed by atoms with E-state index in [4.69, 9.17) is 4.42 Å². The van der Waals surface area contributed by atoms with Gasteiger partial charge >= 0.3 is 0 Å². The molecule has 1 aliphatic rings. The van der Waals surface area contributed by atoms with E-state index in [1.807, 2.05) is 30.0 Å². The molecule has 0 saturated carbocycles. The number of rotatable bonds is 3. The molecule has 5 nitrogen and oxygen atoms in total. The van der Waals surface area contributed by atoms with Crippen LogP contribution >= 0.6 is 0 Å². The number of hydrogen-bond acceptors (Lipinski definition) is 3. The van der Waals surface area contributed by atoms with Crippen LogP contribution in [-0.4, -0.2) is 34.1 Å². The number of likely N-dealkylation sites (tertiary alicyclic amines) is 1. The van der Waals surface area contributed by atoms with E-state index in [2.05, 4.69) is 16.3 Å². The number of furan rings is 1. The van der Waals surface area contributed by atoms with Crippen LogP contribution in [-0.2, 0) is 11.2 Å². The summed E-state index contributed by atoms with van der Waals surface area (Å²) in [5, 5.41) is 8.10. The molecule has 1 saturated heterocycles. The summed E-state index contributed by atoms with van der Waals surface area (Å²) in [6, 6.07) is 8.12. The first-order chi connectivity index (χ1) is 11.7. The second-order valence-electron chi connectivity index (χ2n) is 6.63. The zero-order chi connectivity index (χ0) is 16.5. The highest BCUT2D eigenvalue weighted by Crippen LogP contribution is 2.27. The Kier molecular flexibility index (Phi) is 3.84. The Morgan fingerprint density at radius 2 is 2.33 bits per heavy atom. The molecule has 1 fully saturated rings. The van der Waals surface area contributed by atoms with Gasteiger partial charge in [-0.15, -0.1) is 0 Å². The standard InChI is InChI=1S/C19H21N3O2/c1-13-4-5-16-15(12-24-18(16)9-13)10-19(23)22-8-2-3-14(11-22)17-6-7-20-21-17/h4-7,9,12,14H,2-3,8,10-11H2,1H3,(H,20,21)/t14-/m1/s1. The van der Waals surface area contributed by atoms with E-state index in [-0.39, 0.29) is 5.91 Å². The van der Waals surface area contributed by atoms with Gasteiger partial charge in [-0.25, -0.2) is 0 Å². The summed E-state index contributed by atoms with van der Waals surface area (Å²) < 4.78 is 5.61. The maximum atomic E-state index is 12.7. The number of aryl methyl sites for hydroxylation is 1. The Morgan fingerprint density at radius 1 is 1.42 bits per heavy atom. The van der Waals surface area contributed by atoms with Gasteiger partial charge in [-0.1, -0.05) is 12.1 Å². The monoisotopic (exact) mass is 323 g/mol. The first-order valence-electron chi connectivity index (χ1n) is 8.44. The Hall–Kier alpha value is -2.56. The topological polar surface area (TPSA) is 62.1 Å². The largest absolute Gasteiger partial charge is 0.464 e. The fourth-order valence-electron chi connectivity index (χ4n) is 3.55. The summed E-state index contributed by atoms with van der Waals surface area (Å²) in [6.07, 6.45) is 6.01. The number of nitrogens with one attached hydrogen (secondary N) is 1. The Labute approximate surface area is 140 Å². The van der Waals surface area contributed by atoms with E-state index in [0.717, 1.165) is 53.7 Å². The van der Waals surface area contributed by atoms with Gasteiger partial charge < -0.3 is 9.32 Å². The van der Waals surface area contributed by atoms with Gasteiger partial charge in [-0.2, -0.15) is 5.10 Å². The van der Waals surface area contributed by atoms with Gasteiger partial charge in [0.05, 0.1) is 12.7 Å². The van der Waals surface area contributed by atoms with E-state index in [0.29, 0.717) is 12.3 Å². The number of aromatic amines is 1. The van der Waals surface area contributed by atoms with Crippen molar-refractivity contribution in [1.29, 1.82) is 0 Å². The van der Waals surface area contributed by atoms with Crippen LogP contribution in [0.4, 0.5) is 0 Å². The number of nitrogens with zero attached hydrogens (tertiary/aromatic N) is 2. The summed E-state index contributed by atoms with van der Waals surface area (Å²) in [4.78, 5) is 14.7. The number of carbonyl (C=O) groups is 1. The number of aromatic nitrogens is 2. The number of hydrogen-bond donors (Lipinski definition) is 1. The third-order valence-corrected chi connectivity index (χ3v) is 4.89. The molecule has 0 spiro atoms. The Bertz CT molecular complexity index is 851. The van der Waals surface area contributed by atoms with Crippen LogP contribution < -0.4 is 0 Å². The molecule has 0 bridgehead atoms. The minimum absolute atomic E-state index is 0.169. The highest BCUT2D eigenvalue weighted by molar-refractivity contribution is 5.88. The smallest absolute Gasteiger partial charge is 0.227 e. The van der Waals surface area contributed by atoms with Crippen molar-refractivity contribution in [2.24, 2.45) is 0 Å². The lowest BCUT2D eigenvalue weighted by Gasteiger charge is -2.32. The van der Waals surface area contributed by atoms with E-state index < -0.39 is 0 Å². The van der Waals surface area contributed by atoms with Crippen molar-refractivity contribution in [3.63, 3.8) is 0 Å². The summed E-state index contributed by atoms with van der Waals surface area (Å²) >= 11 is 0. The third-order valence-electron chi connectivity index (χ3n) is 4.89. The van der Waals surface area contributed by atoms with Crippen LogP contribution in [0.15, 0.2) is 41.1 Å². The summed E-state index contributed by atoms with van der Waals surface area (Å²) in [5.41, 5.74) is 4.11. The van der Waals surface area contributed by atoms with Gasteiger partial charge in [0.2, 0.25) is 5.91 Å². The third kappa shape index (κ3) is 2.82. The highest BCUT2D eigenvalue weighted by Gasteiger charge is 2.26. The predicted molar refractivity (Wildman–Crippen MR) is 91.8 cm³/mol. The van der Waals surface area contributed by atoms with E-state index in [1.165, 1.54) is 0 Å². The highest BCUT2D eigenvalue weighted by atomic mass is 16.3. The lowest BCUT2D eigenvalue weighted by atomic mass is 9.94. The van der Waals surface area contributed by atoms with E-state index in [9.17, 15) is 4.79 Å². The SMILES string of the molecule is Cc1ccc2c(CC(=O)N3CCC[C@@H](c4ccn[nH]4)C3)coc2c1. The molecular formula is C19H21N3O2. The van der Waals surface area contributed by atoms with E-state index in [1.54, 1.807) is 12.5 Å². The lowest BCUT2D eigenvalue weighted by molar-refractivity contribution is -0.131. The lowest BCUT2D eigenvalue weighted by Crippen LogP contribution is -2.40. The number of amides is 1. The fourth-order valence-corrected chi connectivity index (χ4v) is 3.55. The summed E-state index contributed by atoms with van der Waals surface area (Å²) in [7, 11) is 0. The van der Waals surface area contributed by atoms with Crippen LogP contribution in [0.1, 0.15) is 35.6 Å². The zero-order valence-corrected chi connectivity index (χ0v) is 13.8. The Morgan fingerprint density at radius 3 is 3.17 bits per heavy atom. The van der Waals surface area contributed by atoms with Crippen molar-refractivity contribution in [2.75, 3.05) is 13.1 Å². The first kappa shape index (κ1) is 15.0. The van der Waals surface area contributed by atoms with Crippen LogP contribution in [0.3, 0.4) is 0 Å². The molecule has 124 valence electrons. The molecule has 0 unspecified atom stereocenters. The molecule has 5 heteroatoms. The van der Waals surface area contributed by atoms with Crippen LogP contribution in [0.2, 0.25) is 0 Å². The minimum Gasteiger partial charge on any atom is -0.464 e. The maximum Gasteiger partial charge on any atom is 0.227 e. The van der Waals surface area contributed by atoms with Crippen molar-refractivity contribution in [1.82, 2.24) is 15.1 Å². The number of fused-ring (bicyclic) bond motifs is 1. The molecule has 2 aromatic heterocycles. The fraction of sp³-hybridized carbons (Fsp3) is 0.368. The molecule has 1 aromatic carbocycles. The van der Waals surface area contributed by atoms with Crippen LogP contribution in [0.5, 0.6) is 0 Å². The number of carbonyl (C=O) groups excluding carboxylic acids is 1. The van der Waals surface area contributed by atoms with Crippen molar-refractivity contribution >= 4 is 16.9 Å². The molecule has 1 aliphatic heterocycles. The summed E-state index contributed by atoms with van der Waals surface area (Å²) in [6.45, 7) is 3.63. The Balaban J connectivity index is 1.49. The average Bonchev–Trinajstić information content (AvgIpc) is 3.25. The zero-order valence-electron chi connectivity index (χ0n) is 13.8. The van der Waals surface area contributed by atoms with Gasteiger partial charge in [0.25, 0.3) is 0 Å². The molecule has 4 rings (SSSR count). The molecule has 1 N–H and O–H groups in total. The molecule has 0 aliphatic carbocycles. The van der Waals surface area contributed by atoms with Gasteiger partial charge in [0.1, 0.15) is 5.58 Å². The van der Waals surface area contributed by atoms with Gasteiger partial charge in [-0.05, 0) is 37.5 Å². The minimum atomic E-state index is 0.169. The number of benzene rings is 1. The molecule has 3 aromatic rings. The van der Waals surface area contributed by atoms with Crippen molar-refractivity contribution in [3.8, 4) is 0 Å². The molecule has 1 atom stereocenters. The number of H-pyrrole nitrogens is 1. The molecule has 1 amide bonds. The van der Waals surface area contributed by atoms with Gasteiger partial charge in [-0.3, -0.25) is 9.89 Å². The van der Waals surface area contributed by atoms with E-state index >= 15 is 0 Å². The second-order valence-corrected chi connectivity index (χ2v) is 6.63. The molecule has 0 radical (unpaired) electrons. The van der Waals surface area contributed by atoms with Crippen LogP contribution in [0.25, 0.3) is 11.0 Å². The average molecular weight is 323 g/mol. The van der Waals surface area contributed by atoms with Crippen molar-refractivity contribution in [3.05, 3.63) is 53.5 Å². The molecular weight excluding hydrogens is 302 g/mol. The molecule has 3 heterocycles. The first-order valence-corrected chi connectivity index (χ1v) is 8.44. The van der Waals surface area contributed by atoms with Gasteiger partial charge in [0, 0.05) is 41.8 Å². The normalized spacial score (nSPS) is 18.2. The van der Waals surface area contributed by atoms with Gasteiger partial charge in [0.15, 0.2) is 0 Å². The maximum absolute atomic E-state index is 12.7. The quantitative estimate of drug-likeness (QED) is 0.803.